The van der Waals surface area contributed by atoms with Gasteiger partial charge in [0, 0.05) is 11.8 Å². The third-order valence-corrected chi connectivity index (χ3v) is 6.94. The lowest BCUT2D eigenvalue weighted by Gasteiger charge is -2.34. The molecule has 1 heterocycles. The van der Waals surface area contributed by atoms with Crippen LogP contribution in [-0.2, 0) is 27.2 Å². The molecule has 168 valence electrons. The number of aliphatic hydroxyl groups excluding tert-OH is 1. The molecule has 4 atom stereocenters. The fourth-order valence-electron chi connectivity index (χ4n) is 5.31. The van der Waals surface area contributed by atoms with Crippen LogP contribution in [0.2, 0.25) is 0 Å². The van der Waals surface area contributed by atoms with E-state index in [2.05, 4.69) is 24.3 Å². The number of hydrogen-bond donors (Lipinski definition) is 1. The topological polar surface area (TPSA) is 63.6 Å². The SMILES string of the molecule is CC1(C=O)C=C(O)C(C2CCCC(C(=O)C(Cc3ccccc3)Cc3ccccc3)C2)O1. The van der Waals surface area contributed by atoms with Crippen LogP contribution in [0.1, 0.15) is 43.7 Å². The van der Waals surface area contributed by atoms with Gasteiger partial charge in [0.2, 0.25) is 0 Å². The second kappa shape index (κ2) is 9.83. The van der Waals surface area contributed by atoms with E-state index in [1.807, 2.05) is 36.4 Å². The highest BCUT2D eigenvalue weighted by Crippen LogP contribution is 2.40. The van der Waals surface area contributed by atoms with Crippen molar-refractivity contribution in [2.45, 2.75) is 57.2 Å². The van der Waals surface area contributed by atoms with Crippen LogP contribution in [0.25, 0.3) is 0 Å². The van der Waals surface area contributed by atoms with E-state index < -0.39 is 11.7 Å². The van der Waals surface area contributed by atoms with Crippen LogP contribution >= 0.6 is 0 Å². The molecule has 2 aliphatic rings. The molecule has 0 amide bonds. The summed E-state index contributed by atoms with van der Waals surface area (Å²) in [5, 5.41) is 10.4. The van der Waals surface area contributed by atoms with Crippen molar-refractivity contribution in [2.75, 3.05) is 0 Å². The number of hydrogen-bond acceptors (Lipinski definition) is 4. The predicted octanol–water partition coefficient (Wildman–Crippen LogP) is 5.26. The summed E-state index contributed by atoms with van der Waals surface area (Å²) < 4.78 is 5.91. The predicted molar refractivity (Wildman–Crippen MR) is 124 cm³/mol. The molecule has 1 aliphatic carbocycles. The van der Waals surface area contributed by atoms with E-state index in [1.54, 1.807) is 6.92 Å². The third-order valence-electron chi connectivity index (χ3n) is 6.94. The van der Waals surface area contributed by atoms with Gasteiger partial charge in [0.25, 0.3) is 0 Å². The molecule has 4 nitrogen and oxygen atoms in total. The van der Waals surface area contributed by atoms with Gasteiger partial charge in [0.1, 0.15) is 23.2 Å². The molecule has 1 aliphatic heterocycles. The molecule has 2 aromatic carbocycles. The first-order chi connectivity index (χ1) is 15.5. The van der Waals surface area contributed by atoms with Crippen LogP contribution in [0.3, 0.4) is 0 Å². The molecule has 4 heteroatoms. The van der Waals surface area contributed by atoms with Crippen LogP contribution < -0.4 is 0 Å². The van der Waals surface area contributed by atoms with E-state index in [-0.39, 0.29) is 23.5 Å². The lowest BCUT2D eigenvalue weighted by Crippen LogP contribution is -2.37. The fourth-order valence-corrected chi connectivity index (χ4v) is 5.31. The number of rotatable bonds is 8. The van der Waals surface area contributed by atoms with Gasteiger partial charge < -0.3 is 9.84 Å². The first kappa shape index (κ1) is 22.5. The van der Waals surface area contributed by atoms with E-state index in [4.69, 9.17) is 4.74 Å². The number of carbonyl (C=O) groups excluding carboxylic acids is 2. The molecule has 1 saturated carbocycles. The van der Waals surface area contributed by atoms with Crippen LogP contribution in [-0.4, -0.2) is 28.9 Å². The lowest BCUT2D eigenvalue weighted by molar-refractivity contribution is -0.133. The van der Waals surface area contributed by atoms with Gasteiger partial charge in [-0.1, -0.05) is 67.1 Å². The summed E-state index contributed by atoms with van der Waals surface area (Å²) in [6, 6.07) is 20.4. The number of aldehydes is 1. The van der Waals surface area contributed by atoms with Crippen LogP contribution in [0, 0.1) is 17.8 Å². The Bertz CT molecular complexity index is 910. The molecule has 0 bridgehead atoms. The molecule has 4 unspecified atom stereocenters. The molecule has 0 radical (unpaired) electrons. The Morgan fingerprint density at radius 3 is 2.19 bits per heavy atom. The summed E-state index contributed by atoms with van der Waals surface area (Å²) in [7, 11) is 0. The van der Waals surface area contributed by atoms with Gasteiger partial charge >= 0.3 is 0 Å². The highest BCUT2D eigenvalue weighted by molar-refractivity contribution is 5.84. The Hall–Kier alpha value is -2.72. The van der Waals surface area contributed by atoms with E-state index in [0.29, 0.717) is 12.2 Å². The maximum atomic E-state index is 13.8. The minimum atomic E-state index is -1.07. The Morgan fingerprint density at radius 1 is 1.06 bits per heavy atom. The average molecular weight is 433 g/mol. The molecular formula is C28H32O4. The van der Waals surface area contributed by atoms with Gasteiger partial charge in [-0.25, -0.2) is 0 Å². The standard InChI is InChI=1S/C28H32O4/c1-28(19-29)18-25(30)27(32-28)23-14-8-13-22(17-23)26(31)24(15-20-9-4-2-5-10-20)16-21-11-6-3-7-12-21/h2-7,9-12,18-19,22-24,27,30H,8,13-17H2,1H3. The van der Waals surface area contributed by atoms with E-state index in [1.165, 1.54) is 17.2 Å². The maximum Gasteiger partial charge on any atom is 0.155 e. The first-order valence-electron chi connectivity index (χ1n) is 11.6. The number of aliphatic hydroxyl groups is 1. The summed E-state index contributed by atoms with van der Waals surface area (Å²) in [5.74, 6) is 0.345. The largest absolute Gasteiger partial charge is 0.510 e. The minimum absolute atomic E-state index is 0.0461. The average Bonchev–Trinajstić information content (AvgIpc) is 3.14. The van der Waals surface area contributed by atoms with E-state index in [0.717, 1.165) is 38.4 Å². The second-order valence-electron chi connectivity index (χ2n) is 9.51. The van der Waals surface area contributed by atoms with Gasteiger partial charge in [-0.3, -0.25) is 9.59 Å². The smallest absolute Gasteiger partial charge is 0.155 e. The van der Waals surface area contributed by atoms with Crippen LogP contribution in [0.5, 0.6) is 0 Å². The fraction of sp³-hybridized carbons (Fsp3) is 0.429. The zero-order valence-electron chi connectivity index (χ0n) is 18.7. The summed E-state index contributed by atoms with van der Waals surface area (Å²) in [6.07, 6.45) is 6.57. The Kier molecular flexibility index (Phi) is 6.90. The highest BCUT2D eigenvalue weighted by atomic mass is 16.5. The van der Waals surface area contributed by atoms with Gasteiger partial charge in [0.15, 0.2) is 6.29 Å². The molecule has 4 rings (SSSR count). The number of ketones is 1. The molecule has 2 aromatic rings. The molecular weight excluding hydrogens is 400 g/mol. The molecule has 32 heavy (non-hydrogen) atoms. The lowest BCUT2D eigenvalue weighted by atomic mass is 9.72. The Balaban J connectivity index is 1.49. The zero-order valence-corrected chi connectivity index (χ0v) is 18.7. The van der Waals surface area contributed by atoms with Gasteiger partial charge in [0.05, 0.1) is 0 Å². The molecule has 0 spiro atoms. The monoisotopic (exact) mass is 432 g/mol. The minimum Gasteiger partial charge on any atom is -0.510 e. The summed E-state index contributed by atoms with van der Waals surface area (Å²) in [6.45, 7) is 1.66. The second-order valence-corrected chi connectivity index (χ2v) is 9.51. The van der Waals surface area contributed by atoms with Crippen LogP contribution in [0.15, 0.2) is 72.5 Å². The molecule has 0 saturated heterocycles. The normalized spacial score (nSPS) is 27.8. The van der Waals surface area contributed by atoms with Crippen LogP contribution in [0.4, 0.5) is 0 Å². The third kappa shape index (κ3) is 5.18. The summed E-state index contributed by atoms with van der Waals surface area (Å²) >= 11 is 0. The van der Waals surface area contributed by atoms with E-state index >= 15 is 0 Å². The quantitative estimate of drug-likeness (QED) is 0.578. The highest BCUT2D eigenvalue weighted by Gasteiger charge is 2.43. The van der Waals surface area contributed by atoms with Gasteiger partial charge in [-0.05, 0) is 62.1 Å². The summed E-state index contributed by atoms with van der Waals surface area (Å²) in [4.78, 5) is 25.1. The van der Waals surface area contributed by atoms with Crippen molar-refractivity contribution in [3.63, 3.8) is 0 Å². The zero-order chi connectivity index (χ0) is 22.6. The van der Waals surface area contributed by atoms with Crippen molar-refractivity contribution >= 4 is 12.1 Å². The number of benzene rings is 2. The van der Waals surface area contributed by atoms with Crippen molar-refractivity contribution in [1.82, 2.24) is 0 Å². The molecule has 1 fully saturated rings. The maximum absolute atomic E-state index is 13.8. The Labute approximate surface area is 190 Å². The van der Waals surface area contributed by atoms with E-state index in [9.17, 15) is 14.7 Å². The summed E-state index contributed by atoms with van der Waals surface area (Å²) in [5.41, 5.74) is 1.28. The number of Topliss-reactive ketones (excluding diaryl/α,β-unsaturated/α-hetero) is 1. The first-order valence-corrected chi connectivity index (χ1v) is 11.6. The number of ether oxygens (including phenoxy) is 1. The van der Waals surface area contributed by atoms with Crippen molar-refractivity contribution in [2.24, 2.45) is 17.8 Å². The number of carbonyl (C=O) groups is 2. The van der Waals surface area contributed by atoms with Crippen molar-refractivity contribution in [1.29, 1.82) is 0 Å². The van der Waals surface area contributed by atoms with Crippen molar-refractivity contribution in [3.8, 4) is 0 Å². The van der Waals surface area contributed by atoms with Gasteiger partial charge in [-0.15, -0.1) is 0 Å². The van der Waals surface area contributed by atoms with Crippen molar-refractivity contribution in [3.05, 3.63) is 83.6 Å². The molecule has 1 N–H and O–H groups in total. The Morgan fingerprint density at radius 2 is 1.66 bits per heavy atom. The molecule has 0 aromatic heterocycles. The van der Waals surface area contributed by atoms with Crippen molar-refractivity contribution < 1.29 is 19.4 Å². The van der Waals surface area contributed by atoms with Gasteiger partial charge in [-0.2, -0.15) is 0 Å².